The first-order valence-electron chi connectivity index (χ1n) is 10.5. The van der Waals surface area contributed by atoms with Crippen LogP contribution in [0.15, 0.2) is 78.2 Å². The van der Waals surface area contributed by atoms with Gasteiger partial charge in [0.2, 0.25) is 10.0 Å². The van der Waals surface area contributed by atoms with Gasteiger partial charge in [0.15, 0.2) is 5.43 Å². The van der Waals surface area contributed by atoms with Gasteiger partial charge in [0.25, 0.3) is 0 Å². The van der Waals surface area contributed by atoms with Crippen LogP contribution in [0.3, 0.4) is 0 Å². The second-order valence-corrected chi connectivity index (χ2v) is 9.70. The summed E-state index contributed by atoms with van der Waals surface area (Å²) in [5.74, 6) is 0.104. The van der Waals surface area contributed by atoms with E-state index in [9.17, 15) is 13.2 Å². The fourth-order valence-corrected chi connectivity index (χ4v) is 4.80. The predicted molar refractivity (Wildman–Crippen MR) is 129 cm³/mol. The number of aryl methyl sites for hydroxylation is 1. The van der Waals surface area contributed by atoms with Crippen molar-refractivity contribution in [2.75, 3.05) is 0 Å². The van der Waals surface area contributed by atoms with Crippen molar-refractivity contribution in [3.8, 4) is 11.1 Å². The summed E-state index contributed by atoms with van der Waals surface area (Å²) < 4.78 is 29.4. The van der Waals surface area contributed by atoms with Gasteiger partial charge in [-0.3, -0.25) is 14.5 Å². The standard InChI is InChI=1S/C24H20N6O3S/c1-30-14-19(12-28-30)18-10-21-22(27-11-18)6-5-17-4-3-16(9-20(17)24(21)31)15-34(32,33)29-13-23-25-7-2-8-26-23/h2-12,14,29H,13,15H2,1H3. The molecule has 1 N–H and O–H groups in total. The lowest BCUT2D eigenvalue weighted by molar-refractivity contribution is 0.578. The van der Waals surface area contributed by atoms with E-state index >= 15 is 0 Å². The van der Waals surface area contributed by atoms with Crippen LogP contribution in [0.25, 0.3) is 32.8 Å². The normalized spacial score (nSPS) is 11.8. The fourth-order valence-electron chi connectivity index (χ4n) is 3.73. The van der Waals surface area contributed by atoms with Gasteiger partial charge in [-0.1, -0.05) is 18.2 Å². The van der Waals surface area contributed by atoms with Gasteiger partial charge in [-0.25, -0.2) is 23.1 Å². The lowest BCUT2D eigenvalue weighted by Crippen LogP contribution is -2.25. The Morgan fingerprint density at radius 1 is 0.941 bits per heavy atom. The molecule has 2 aromatic carbocycles. The Balaban J connectivity index is 1.51. The average molecular weight is 473 g/mol. The summed E-state index contributed by atoms with van der Waals surface area (Å²) in [5, 5.41) is 5.77. The van der Waals surface area contributed by atoms with Crippen molar-refractivity contribution < 1.29 is 8.42 Å². The molecule has 0 bridgehead atoms. The van der Waals surface area contributed by atoms with Crippen molar-refractivity contribution in [1.29, 1.82) is 0 Å². The van der Waals surface area contributed by atoms with E-state index < -0.39 is 10.0 Å². The Hall–Kier alpha value is -4.02. The quantitative estimate of drug-likeness (QED) is 0.403. The van der Waals surface area contributed by atoms with E-state index in [1.165, 1.54) is 0 Å². The van der Waals surface area contributed by atoms with E-state index in [1.807, 2.05) is 19.3 Å². The van der Waals surface area contributed by atoms with Crippen molar-refractivity contribution in [3.05, 3.63) is 95.1 Å². The number of nitrogens with zero attached hydrogens (tertiary/aromatic N) is 5. The maximum Gasteiger partial charge on any atom is 0.216 e. The molecule has 0 saturated heterocycles. The van der Waals surface area contributed by atoms with E-state index in [0.717, 1.165) is 11.1 Å². The summed E-state index contributed by atoms with van der Waals surface area (Å²) in [7, 11) is -1.85. The molecule has 0 unspecified atom stereocenters. The first-order chi connectivity index (χ1) is 16.4. The molecule has 34 heavy (non-hydrogen) atoms. The van der Waals surface area contributed by atoms with Gasteiger partial charge in [0.05, 0.1) is 24.0 Å². The first-order valence-corrected chi connectivity index (χ1v) is 12.1. The van der Waals surface area contributed by atoms with Gasteiger partial charge in [0.1, 0.15) is 5.82 Å². The van der Waals surface area contributed by atoms with Crippen LogP contribution in [-0.2, 0) is 29.4 Å². The van der Waals surface area contributed by atoms with E-state index in [1.54, 1.807) is 65.9 Å². The van der Waals surface area contributed by atoms with Crippen molar-refractivity contribution in [2.45, 2.75) is 12.3 Å². The SMILES string of the molecule is Cn1cc(-c2cnc3ccc4ccc(CS(=O)(=O)NCc5ncccn5)cc4c(=O)c3c2)cn1. The molecule has 9 nitrogen and oxygen atoms in total. The van der Waals surface area contributed by atoms with Gasteiger partial charge in [0, 0.05) is 53.7 Å². The van der Waals surface area contributed by atoms with Gasteiger partial charge < -0.3 is 0 Å². The number of hydrogen-bond donors (Lipinski definition) is 1. The van der Waals surface area contributed by atoms with Crippen molar-refractivity contribution in [1.82, 2.24) is 29.5 Å². The summed E-state index contributed by atoms with van der Waals surface area (Å²) in [6.07, 6.45) is 8.38. The molecular weight excluding hydrogens is 452 g/mol. The zero-order chi connectivity index (χ0) is 23.7. The maximum atomic E-state index is 13.5. The molecule has 0 fully saturated rings. The molecule has 0 spiro atoms. The summed E-state index contributed by atoms with van der Waals surface area (Å²) in [4.78, 5) is 26.0. The van der Waals surface area contributed by atoms with Gasteiger partial charge in [-0.2, -0.15) is 5.10 Å². The van der Waals surface area contributed by atoms with E-state index in [0.29, 0.717) is 33.1 Å². The highest BCUT2D eigenvalue weighted by molar-refractivity contribution is 7.88. The van der Waals surface area contributed by atoms with Crippen LogP contribution in [0.4, 0.5) is 0 Å². The predicted octanol–water partition coefficient (Wildman–Crippen LogP) is 2.56. The van der Waals surface area contributed by atoms with Crippen LogP contribution in [0.2, 0.25) is 0 Å². The molecule has 3 heterocycles. The lowest BCUT2D eigenvalue weighted by atomic mass is 10.1. The Labute approximate surface area is 195 Å². The topological polar surface area (TPSA) is 120 Å². The van der Waals surface area contributed by atoms with Crippen molar-refractivity contribution >= 4 is 31.7 Å². The van der Waals surface area contributed by atoms with Crippen LogP contribution < -0.4 is 10.2 Å². The number of sulfonamides is 1. The Bertz CT molecular complexity index is 1680. The highest BCUT2D eigenvalue weighted by Crippen LogP contribution is 2.22. The van der Waals surface area contributed by atoms with Gasteiger partial charge in [-0.15, -0.1) is 0 Å². The molecule has 10 heteroatoms. The van der Waals surface area contributed by atoms with Crippen LogP contribution in [0.5, 0.6) is 0 Å². The molecule has 0 radical (unpaired) electrons. The Morgan fingerprint density at radius 2 is 1.74 bits per heavy atom. The monoisotopic (exact) mass is 472 g/mol. The van der Waals surface area contributed by atoms with Crippen molar-refractivity contribution in [2.24, 2.45) is 7.05 Å². The molecule has 3 aromatic heterocycles. The number of hydrogen-bond acceptors (Lipinski definition) is 7. The maximum absolute atomic E-state index is 13.5. The van der Waals surface area contributed by atoms with E-state index in [2.05, 4.69) is 24.8 Å². The summed E-state index contributed by atoms with van der Waals surface area (Å²) in [6.45, 7) is -0.00799. The first kappa shape index (κ1) is 21.8. The summed E-state index contributed by atoms with van der Waals surface area (Å²) >= 11 is 0. The lowest BCUT2D eigenvalue weighted by Gasteiger charge is -2.06. The summed E-state index contributed by atoms with van der Waals surface area (Å²) in [6, 6.07) is 12.2. The zero-order valence-corrected chi connectivity index (χ0v) is 19.0. The number of aromatic nitrogens is 5. The van der Waals surface area contributed by atoms with Crippen LogP contribution in [0.1, 0.15) is 11.4 Å². The largest absolute Gasteiger partial charge is 0.289 e. The number of nitrogens with one attached hydrogen (secondary N) is 1. The number of rotatable bonds is 6. The molecule has 170 valence electrons. The van der Waals surface area contributed by atoms with E-state index in [-0.39, 0.29) is 17.7 Å². The fraction of sp³-hybridized carbons (Fsp3) is 0.125. The Kier molecular flexibility index (Phi) is 5.60. The molecule has 0 aliphatic carbocycles. The minimum absolute atomic E-state index is 0.00799. The number of benzene rings is 1. The van der Waals surface area contributed by atoms with E-state index in [4.69, 9.17) is 0 Å². The molecule has 5 aromatic rings. The third-order valence-electron chi connectivity index (χ3n) is 5.41. The molecule has 0 atom stereocenters. The minimum Gasteiger partial charge on any atom is -0.289 e. The van der Waals surface area contributed by atoms with Gasteiger partial charge in [-0.05, 0) is 35.2 Å². The average Bonchev–Trinajstić information content (AvgIpc) is 3.22. The Morgan fingerprint density at radius 3 is 2.50 bits per heavy atom. The van der Waals surface area contributed by atoms with Crippen LogP contribution in [-0.4, -0.2) is 33.2 Å². The second kappa shape index (κ2) is 8.73. The third kappa shape index (κ3) is 4.54. The van der Waals surface area contributed by atoms with Crippen molar-refractivity contribution in [3.63, 3.8) is 0 Å². The second-order valence-electron chi connectivity index (χ2n) is 7.89. The minimum atomic E-state index is -3.67. The summed E-state index contributed by atoms with van der Waals surface area (Å²) in [5.41, 5.74) is 2.49. The molecule has 0 aliphatic heterocycles. The highest BCUT2D eigenvalue weighted by Gasteiger charge is 2.14. The third-order valence-corrected chi connectivity index (χ3v) is 6.71. The highest BCUT2D eigenvalue weighted by atomic mass is 32.2. The smallest absolute Gasteiger partial charge is 0.216 e. The number of pyridine rings is 1. The molecule has 0 aliphatic rings. The number of fused-ring (bicyclic) bond motifs is 2. The molecule has 5 rings (SSSR count). The molecule has 0 saturated carbocycles. The van der Waals surface area contributed by atoms with Gasteiger partial charge >= 0.3 is 0 Å². The van der Waals surface area contributed by atoms with Crippen LogP contribution >= 0.6 is 0 Å². The van der Waals surface area contributed by atoms with Crippen LogP contribution in [0, 0.1) is 0 Å². The molecule has 0 amide bonds. The zero-order valence-electron chi connectivity index (χ0n) is 18.2. The molecular formula is C24H20N6O3S.